The number of hydrogen-bond donors (Lipinski definition) is 18. The van der Waals surface area contributed by atoms with Gasteiger partial charge in [-0.15, -0.1) is 0 Å². The molecular weight excluding hydrogens is 1010 g/mol. The van der Waals surface area contributed by atoms with Crippen molar-refractivity contribution in [2.45, 2.75) is 205 Å². The van der Waals surface area contributed by atoms with Gasteiger partial charge >= 0.3 is 0 Å². The molecule has 32 nitrogen and oxygen atoms in total. The maximum absolute atomic E-state index is 12.7. The van der Waals surface area contributed by atoms with E-state index in [2.05, 4.69) is 16.0 Å². The van der Waals surface area contributed by atoms with Crippen molar-refractivity contribution in [2.24, 2.45) is 0 Å². The third-order valence-corrected chi connectivity index (χ3v) is 13.5. The molecule has 0 aromatic rings. The molecule has 0 aromatic carbocycles. The largest absolute Gasteiger partial charge is 0.394 e. The zero-order chi connectivity index (χ0) is 54.6. The number of aliphatic hydroxyl groups excluding tert-OH is 15. The lowest BCUT2D eigenvalue weighted by Crippen LogP contribution is -2.70. The van der Waals surface area contributed by atoms with Crippen molar-refractivity contribution in [1.29, 1.82) is 0 Å². The van der Waals surface area contributed by atoms with Gasteiger partial charge in [-0.3, -0.25) is 14.4 Å². The maximum atomic E-state index is 12.7. The van der Waals surface area contributed by atoms with Crippen LogP contribution in [0.25, 0.3) is 0 Å². The van der Waals surface area contributed by atoms with Crippen molar-refractivity contribution in [3.63, 3.8) is 0 Å². The van der Waals surface area contributed by atoms with Crippen molar-refractivity contribution in [3.8, 4) is 0 Å². The first kappa shape index (κ1) is 60.6. The van der Waals surface area contributed by atoms with Crippen LogP contribution >= 0.6 is 0 Å². The van der Waals surface area contributed by atoms with E-state index >= 15 is 0 Å². The lowest BCUT2D eigenvalue weighted by atomic mass is 9.94. The summed E-state index contributed by atoms with van der Waals surface area (Å²) in [4.78, 5) is 37.1. The second kappa shape index (κ2) is 26.3. The average Bonchev–Trinajstić information content (AvgIpc) is 3.35. The van der Waals surface area contributed by atoms with Gasteiger partial charge in [-0.05, 0) is 6.92 Å². The Balaban J connectivity index is 1.21. The van der Waals surface area contributed by atoms with Crippen molar-refractivity contribution in [1.82, 2.24) is 16.0 Å². The first-order valence-electron chi connectivity index (χ1n) is 23.8. The zero-order valence-electron chi connectivity index (χ0n) is 40.4. The molecule has 6 saturated heterocycles. The van der Waals surface area contributed by atoms with Crippen LogP contribution in [0.2, 0.25) is 0 Å². The number of carbonyl (C=O) groups is 3. The third kappa shape index (κ3) is 13.4. The lowest BCUT2D eigenvalue weighted by Gasteiger charge is -2.50. The molecule has 3 amide bonds. The van der Waals surface area contributed by atoms with Gasteiger partial charge in [0, 0.05) is 20.8 Å². The summed E-state index contributed by atoms with van der Waals surface area (Å²) in [6, 6.07) is -4.38. The van der Waals surface area contributed by atoms with Gasteiger partial charge in [-0.2, -0.15) is 0 Å². The van der Waals surface area contributed by atoms with Crippen LogP contribution in [0.5, 0.6) is 0 Å². The molecule has 0 spiro atoms. The highest BCUT2D eigenvalue weighted by molar-refractivity contribution is 5.74. The number of hydrogen-bond acceptors (Lipinski definition) is 29. The average molecular weight is 1080 g/mol. The monoisotopic (exact) mass is 1080 g/mol. The fraction of sp³-hybridized carbons (Fsp3) is 0.929. The summed E-state index contributed by atoms with van der Waals surface area (Å²) in [5, 5.41) is 168. The van der Waals surface area contributed by atoms with E-state index in [0.29, 0.717) is 0 Å². The molecule has 6 aliphatic heterocycles. The van der Waals surface area contributed by atoms with Crippen molar-refractivity contribution in [2.75, 3.05) is 39.6 Å². The van der Waals surface area contributed by atoms with Crippen LogP contribution in [0.4, 0.5) is 0 Å². The van der Waals surface area contributed by atoms with Crippen molar-refractivity contribution in [3.05, 3.63) is 0 Å². The molecule has 428 valence electrons. The molecule has 32 heteroatoms. The third-order valence-electron chi connectivity index (χ3n) is 13.5. The molecule has 6 aliphatic rings. The number of amides is 3. The first-order valence-corrected chi connectivity index (χ1v) is 23.8. The normalized spacial score (nSPS) is 48.1. The van der Waals surface area contributed by atoms with Crippen molar-refractivity contribution < 1.29 is 143 Å². The number of nitrogens with one attached hydrogen (secondary N) is 3. The molecule has 74 heavy (non-hydrogen) atoms. The quantitative estimate of drug-likeness (QED) is 0.0606. The summed E-state index contributed by atoms with van der Waals surface area (Å²) in [6.07, 6.45) is -45.6. The summed E-state index contributed by atoms with van der Waals surface area (Å²) in [5.41, 5.74) is 0. The molecule has 18 N–H and O–H groups in total. The molecule has 29 atom stereocenters. The molecular formula is C42H71N3O29. The standard InChI is InChI=1S/C42H71N3O29/c1-11-23(53)29(59)32(62)40(66-11)71-34-15(43-12(2)50)9-64-18(7-48)36(34)73-39-22(45-14(4)52)28(58)35(19(8-49)69-39)72-41-33(63)30(60)26(56)20(70-41)10-65-42-37(31(61)25(55)17(6-47)68-42)74-38-21(44-13(3)51)27(57)24(54)16(5-46)67-38/h11,15-42,46-49,53-63H,5-10H2,1-4H3,(H,43,50)(H,44,51)(H,45,52)/t11-,15-,16+,17+,18+,19+,20+,21+,22+,23+,24+,25+,26+,27+,28+,29+,30-,31-,32-,33-,34+,35+,36+,37-,38-,39-,40-,41-,42-/m0/s1. The van der Waals surface area contributed by atoms with Gasteiger partial charge in [-0.25, -0.2) is 0 Å². The predicted molar refractivity (Wildman–Crippen MR) is 231 cm³/mol. The SMILES string of the molecule is CC(=O)N[C@H]1[C@H](O[C@H]2[C@H](O[C@@H]3O[C@@H](C)[C@@H](O)[C@@H](O)[C@@H]3O)[C@@H](NC(C)=O)CO[C@@H]2CO)O[C@H](CO)[C@@H](O[C@@H]2O[C@H](CO[C@H]3O[C@H](CO)[C@@H](O)[C@H](O)[C@@H]3O[C@@H]3O[C@H](CO)[C@@H](O)[C@H](O)[C@H]3NC(C)=O)[C@@H](O)[C@H](O)[C@@H]2O)[C@@H]1O. The number of carbonyl (C=O) groups excluding carboxylic acids is 3. The van der Waals surface area contributed by atoms with Crippen LogP contribution in [0.3, 0.4) is 0 Å². The van der Waals surface area contributed by atoms with Gasteiger partial charge in [0.25, 0.3) is 0 Å². The minimum absolute atomic E-state index is 0.317. The second-order valence-electron chi connectivity index (χ2n) is 18.9. The summed E-state index contributed by atoms with van der Waals surface area (Å²) in [7, 11) is 0. The smallest absolute Gasteiger partial charge is 0.217 e. The molecule has 6 rings (SSSR count). The fourth-order valence-corrected chi connectivity index (χ4v) is 9.50. The predicted octanol–water partition coefficient (Wildman–Crippen LogP) is -12.0. The highest BCUT2D eigenvalue weighted by Crippen LogP contribution is 2.36. The molecule has 0 aromatic heterocycles. The van der Waals surface area contributed by atoms with Crippen molar-refractivity contribution >= 4 is 17.7 Å². The Hall–Kier alpha value is -2.63. The zero-order valence-corrected chi connectivity index (χ0v) is 40.4. The van der Waals surface area contributed by atoms with Crippen LogP contribution < -0.4 is 16.0 Å². The van der Waals surface area contributed by atoms with Crippen LogP contribution in [0.15, 0.2) is 0 Å². The Kier molecular flexibility index (Phi) is 21.6. The number of rotatable bonds is 18. The van der Waals surface area contributed by atoms with E-state index in [1.165, 1.54) is 6.92 Å². The van der Waals surface area contributed by atoms with Gasteiger partial charge in [0.15, 0.2) is 31.5 Å². The Morgan fingerprint density at radius 1 is 0.419 bits per heavy atom. The van der Waals surface area contributed by atoms with E-state index in [0.717, 1.165) is 20.8 Å². The number of aliphatic hydroxyl groups is 15. The highest BCUT2D eigenvalue weighted by atomic mass is 16.8. The summed E-state index contributed by atoms with van der Waals surface area (Å²) in [6.45, 7) is -0.0680. The fourth-order valence-electron chi connectivity index (χ4n) is 9.50. The van der Waals surface area contributed by atoms with Gasteiger partial charge in [-0.1, -0.05) is 0 Å². The molecule has 0 aliphatic carbocycles. The lowest BCUT2D eigenvalue weighted by molar-refractivity contribution is -0.374. The molecule has 0 saturated carbocycles. The minimum Gasteiger partial charge on any atom is -0.394 e. The van der Waals surface area contributed by atoms with Gasteiger partial charge < -0.3 is 145 Å². The maximum Gasteiger partial charge on any atom is 0.217 e. The molecule has 6 heterocycles. The van der Waals surface area contributed by atoms with E-state index in [1.54, 1.807) is 0 Å². The van der Waals surface area contributed by atoms with Crippen LogP contribution in [-0.2, 0) is 66.5 Å². The Morgan fingerprint density at radius 2 is 0.851 bits per heavy atom. The Morgan fingerprint density at radius 3 is 1.41 bits per heavy atom. The van der Waals surface area contributed by atoms with Gasteiger partial charge in [0.2, 0.25) is 17.7 Å². The van der Waals surface area contributed by atoms with Crippen LogP contribution in [-0.4, -0.2) is 312 Å². The first-order chi connectivity index (χ1) is 35.0. The highest BCUT2D eigenvalue weighted by Gasteiger charge is 2.56. The molecule has 0 unspecified atom stereocenters. The van der Waals surface area contributed by atoms with E-state index in [4.69, 9.17) is 52.1 Å². The molecule has 0 bridgehead atoms. The van der Waals surface area contributed by atoms with E-state index in [9.17, 15) is 91.0 Å². The van der Waals surface area contributed by atoms with E-state index in [1.807, 2.05) is 0 Å². The Bertz CT molecular complexity index is 1820. The second-order valence-corrected chi connectivity index (χ2v) is 18.9. The Labute approximate surface area is 421 Å². The summed E-state index contributed by atoms with van der Waals surface area (Å²) in [5.74, 6) is -2.13. The van der Waals surface area contributed by atoms with Crippen LogP contribution in [0.1, 0.15) is 27.7 Å². The van der Waals surface area contributed by atoms with Gasteiger partial charge in [0.05, 0.1) is 51.8 Å². The molecule has 0 radical (unpaired) electrons. The summed E-state index contributed by atoms with van der Waals surface area (Å²) < 4.78 is 64.5. The van der Waals surface area contributed by atoms with E-state index in [-0.39, 0.29) is 6.61 Å². The molecule has 6 fully saturated rings. The van der Waals surface area contributed by atoms with E-state index < -0.39 is 229 Å². The van der Waals surface area contributed by atoms with Gasteiger partial charge in [0.1, 0.15) is 134 Å². The van der Waals surface area contributed by atoms with Crippen LogP contribution in [0, 0.1) is 0 Å². The summed E-state index contributed by atoms with van der Waals surface area (Å²) >= 11 is 0. The minimum atomic E-state index is -2.14. The number of ether oxygens (including phenoxy) is 11. The topological polar surface area (TPSA) is 492 Å².